The lowest BCUT2D eigenvalue weighted by atomic mass is 10.0. The fraction of sp³-hybridized carbons (Fsp3) is 0.333. The third-order valence-electron chi connectivity index (χ3n) is 4.28. The summed E-state index contributed by atoms with van der Waals surface area (Å²) >= 11 is 0. The SMILES string of the molecule is Cl.N#Cc1cnc(CNC(=O)C2CC(F)CN2)cc1-c1ccc(C(F)(F)F)nc1. The summed E-state index contributed by atoms with van der Waals surface area (Å²) in [6.07, 6.45) is -3.22. The van der Waals surface area contributed by atoms with Gasteiger partial charge in [0.25, 0.3) is 0 Å². The number of carbonyl (C=O) groups excluding carboxylic acids is 1. The van der Waals surface area contributed by atoms with Crippen LogP contribution in [0.5, 0.6) is 0 Å². The van der Waals surface area contributed by atoms with Crippen LogP contribution in [-0.4, -0.2) is 34.6 Å². The van der Waals surface area contributed by atoms with Crippen molar-refractivity contribution >= 4 is 18.3 Å². The fourth-order valence-corrected chi connectivity index (χ4v) is 2.84. The minimum atomic E-state index is -4.56. The predicted octanol–water partition coefficient (Wildman–Crippen LogP) is 2.77. The van der Waals surface area contributed by atoms with Crippen molar-refractivity contribution in [2.75, 3.05) is 6.54 Å². The largest absolute Gasteiger partial charge is 0.433 e. The summed E-state index contributed by atoms with van der Waals surface area (Å²) in [5.74, 6) is -0.371. The number of rotatable bonds is 4. The van der Waals surface area contributed by atoms with Gasteiger partial charge in [-0.2, -0.15) is 18.4 Å². The highest BCUT2D eigenvalue weighted by atomic mass is 35.5. The number of nitrogens with zero attached hydrogens (tertiary/aromatic N) is 3. The molecule has 0 aliphatic carbocycles. The molecule has 1 saturated heterocycles. The van der Waals surface area contributed by atoms with Crippen LogP contribution in [0.1, 0.15) is 23.4 Å². The van der Waals surface area contributed by atoms with Gasteiger partial charge < -0.3 is 10.6 Å². The highest BCUT2D eigenvalue weighted by Gasteiger charge is 2.32. The molecule has 0 spiro atoms. The molecular formula is C18H16ClF4N5O. The van der Waals surface area contributed by atoms with Crippen molar-refractivity contribution in [2.45, 2.75) is 31.4 Å². The molecule has 2 N–H and O–H groups in total. The topological polar surface area (TPSA) is 90.7 Å². The summed E-state index contributed by atoms with van der Waals surface area (Å²) in [5, 5.41) is 14.6. The van der Waals surface area contributed by atoms with E-state index < -0.39 is 24.1 Å². The number of pyridine rings is 2. The molecule has 1 amide bonds. The summed E-state index contributed by atoms with van der Waals surface area (Å²) in [6, 6.07) is 4.86. The molecule has 1 aliphatic heterocycles. The fourth-order valence-electron chi connectivity index (χ4n) is 2.84. The van der Waals surface area contributed by atoms with Crippen LogP contribution in [-0.2, 0) is 17.5 Å². The van der Waals surface area contributed by atoms with Crippen LogP contribution in [0.4, 0.5) is 17.6 Å². The zero-order valence-electron chi connectivity index (χ0n) is 14.8. The Hall–Kier alpha value is -2.77. The Bertz CT molecular complexity index is 914. The van der Waals surface area contributed by atoms with Crippen LogP contribution in [0.3, 0.4) is 0 Å². The van der Waals surface area contributed by atoms with E-state index in [1.165, 1.54) is 18.3 Å². The summed E-state index contributed by atoms with van der Waals surface area (Å²) < 4.78 is 51.2. The normalized spacial score (nSPS) is 18.6. The van der Waals surface area contributed by atoms with E-state index in [1.807, 2.05) is 6.07 Å². The number of hydrogen-bond acceptors (Lipinski definition) is 5. The van der Waals surface area contributed by atoms with Crippen molar-refractivity contribution in [2.24, 2.45) is 0 Å². The molecule has 6 nitrogen and oxygen atoms in total. The van der Waals surface area contributed by atoms with E-state index in [4.69, 9.17) is 0 Å². The van der Waals surface area contributed by atoms with Gasteiger partial charge in [0.05, 0.1) is 23.8 Å². The number of carbonyl (C=O) groups is 1. The molecule has 2 atom stereocenters. The Kier molecular flexibility index (Phi) is 7.11. The predicted molar refractivity (Wildman–Crippen MR) is 97.6 cm³/mol. The van der Waals surface area contributed by atoms with Gasteiger partial charge in [-0.15, -0.1) is 12.4 Å². The van der Waals surface area contributed by atoms with E-state index >= 15 is 0 Å². The van der Waals surface area contributed by atoms with E-state index in [0.29, 0.717) is 16.8 Å². The number of amides is 1. The van der Waals surface area contributed by atoms with E-state index in [2.05, 4.69) is 20.6 Å². The van der Waals surface area contributed by atoms with Crippen LogP contribution in [0, 0.1) is 11.3 Å². The van der Waals surface area contributed by atoms with Gasteiger partial charge in [0.2, 0.25) is 5.91 Å². The number of nitrogens with one attached hydrogen (secondary N) is 2. The zero-order valence-corrected chi connectivity index (χ0v) is 15.6. The molecule has 3 rings (SSSR count). The number of alkyl halides is 4. The lowest BCUT2D eigenvalue weighted by Gasteiger charge is -2.12. The van der Waals surface area contributed by atoms with Gasteiger partial charge in [0.1, 0.15) is 17.9 Å². The molecule has 0 radical (unpaired) electrons. The van der Waals surface area contributed by atoms with E-state index in [9.17, 15) is 27.6 Å². The minimum Gasteiger partial charge on any atom is -0.349 e. The Morgan fingerprint density at radius 3 is 2.62 bits per heavy atom. The molecule has 0 saturated carbocycles. The summed E-state index contributed by atoms with van der Waals surface area (Å²) in [6.45, 7) is 0.152. The van der Waals surface area contributed by atoms with Gasteiger partial charge in [0.15, 0.2) is 0 Å². The van der Waals surface area contributed by atoms with Gasteiger partial charge in [-0.1, -0.05) is 6.07 Å². The van der Waals surface area contributed by atoms with E-state index in [-0.39, 0.29) is 43.4 Å². The molecule has 3 heterocycles. The highest BCUT2D eigenvalue weighted by Crippen LogP contribution is 2.30. The average molecular weight is 430 g/mol. The quantitative estimate of drug-likeness (QED) is 0.729. The average Bonchev–Trinajstić information content (AvgIpc) is 3.12. The Morgan fingerprint density at radius 2 is 2.07 bits per heavy atom. The van der Waals surface area contributed by atoms with Gasteiger partial charge >= 0.3 is 6.18 Å². The van der Waals surface area contributed by atoms with Crippen LogP contribution in [0.2, 0.25) is 0 Å². The zero-order chi connectivity index (χ0) is 20.3. The van der Waals surface area contributed by atoms with Crippen LogP contribution in [0.15, 0.2) is 30.6 Å². The van der Waals surface area contributed by atoms with Crippen LogP contribution >= 0.6 is 12.4 Å². The first kappa shape index (κ1) is 22.5. The first-order valence-electron chi connectivity index (χ1n) is 8.35. The van der Waals surface area contributed by atoms with Crippen LogP contribution < -0.4 is 10.6 Å². The van der Waals surface area contributed by atoms with Crippen molar-refractivity contribution in [1.29, 1.82) is 5.26 Å². The number of hydrogen-bond donors (Lipinski definition) is 2. The van der Waals surface area contributed by atoms with Gasteiger partial charge in [-0.05, 0) is 12.1 Å². The van der Waals surface area contributed by atoms with Gasteiger partial charge in [-0.25, -0.2) is 4.39 Å². The molecule has 0 aromatic carbocycles. The van der Waals surface area contributed by atoms with Crippen molar-refractivity contribution in [3.8, 4) is 17.2 Å². The molecular weight excluding hydrogens is 414 g/mol. The molecule has 2 aromatic rings. The minimum absolute atomic E-state index is 0. The lowest BCUT2D eigenvalue weighted by molar-refractivity contribution is -0.141. The van der Waals surface area contributed by atoms with Gasteiger partial charge in [-0.3, -0.25) is 14.8 Å². The van der Waals surface area contributed by atoms with Crippen LogP contribution in [0.25, 0.3) is 11.1 Å². The molecule has 1 fully saturated rings. The third kappa shape index (κ3) is 5.40. The Morgan fingerprint density at radius 1 is 1.31 bits per heavy atom. The third-order valence-corrected chi connectivity index (χ3v) is 4.28. The van der Waals surface area contributed by atoms with Crippen molar-refractivity contribution in [3.63, 3.8) is 0 Å². The number of halogens is 5. The summed E-state index contributed by atoms with van der Waals surface area (Å²) in [4.78, 5) is 19.5. The van der Waals surface area contributed by atoms with Gasteiger partial charge in [0, 0.05) is 36.5 Å². The maximum atomic E-state index is 13.2. The van der Waals surface area contributed by atoms with Crippen molar-refractivity contribution in [1.82, 2.24) is 20.6 Å². The molecule has 1 aliphatic rings. The van der Waals surface area contributed by atoms with Crippen molar-refractivity contribution in [3.05, 3.63) is 47.5 Å². The highest BCUT2D eigenvalue weighted by molar-refractivity contribution is 5.85. The first-order chi connectivity index (χ1) is 13.3. The first-order valence-corrected chi connectivity index (χ1v) is 8.35. The van der Waals surface area contributed by atoms with Crippen molar-refractivity contribution < 1.29 is 22.4 Å². The molecule has 11 heteroatoms. The number of nitriles is 1. The number of aromatic nitrogens is 2. The van der Waals surface area contributed by atoms with E-state index in [0.717, 1.165) is 12.3 Å². The second kappa shape index (κ2) is 9.15. The smallest absolute Gasteiger partial charge is 0.349 e. The molecule has 2 aromatic heterocycles. The Labute approximate surface area is 169 Å². The molecule has 29 heavy (non-hydrogen) atoms. The maximum absolute atomic E-state index is 13.2. The second-order valence-corrected chi connectivity index (χ2v) is 6.27. The molecule has 2 unspecified atom stereocenters. The molecule has 154 valence electrons. The monoisotopic (exact) mass is 429 g/mol. The maximum Gasteiger partial charge on any atom is 0.433 e. The summed E-state index contributed by atoms with van der Waals surface area (Å²) in [7, 11) is 0. The second-order valence-electron chi connectivity index (χ2n) is 6.27. The lowest BCUT2D eigenvalue weighted by Crippen LogP contribution is -2.40. The Balaban J connectivity index is 0.00000300. The molecule has 0 bridgehead atoms. The van der Waals surface area contributed by atoms with E-state index in [1.54, 1.807) is 0 Å². The summed E-state index contributed by atoms with van der Waals surface area (Å²) in [5.41, 5.74) is 0.195. The standard InChI is InChI=1S/C18H15F4N5O.ClH/c19-12-3-15(25-8-12)17(28)27-9-13-4-14(11(5-23)7-24-13)10-1-2-16(26-6-10)18(20,21)22;/h1-2,4,6-7,12,15,25H,3,8-9H2,(H,27,28);1H.